The van der Waals surface area contributed by atoms with Crippen LogP contribution in [0.1, 0.15) is 5.56 Å². The third kappa shape index (κ3) is 3.68. The van der Waals surface area contributed by atoms with E-state index < -0.39 is 5.91 Å². The van der Waals surface area contributed by atoms with E-state index in [1.807, 2.05) is 22.9 Å². The fraction of sp³-hybridized carbons (Fsp3) is 0. The van der Waals surface area contributed by atoms with E-state index >= 15 is 0 Å². The van der Waals surface area contributed by atoms with Crippen molar-refractivity contribution < 1.29 is 4.79 Å². The third-order valence-electron chi connectivity index (χ3n) is 2.32. The fourth-order valence-electron chi connectivity index (χ4n) is 1.40. The van der Waals surface area contributed by atoms with Crippen LogP contribution in [0.2, 0.25) is 5.02 Å². The van der Waals surface area contributed by atoms with E-state index in [4.69, 9.17) is 16.9 Å². The number of carbonyl (C=O) groups is 1. The van der Waals surface area contributed by atoms with Crippen LogP contribution in [0.25, 0.3) is 6.08 Å². The molecule has 0 aliphatic carbocycles. The molecule has 19 heavy (non-hydrogen) atoms. The molecular formula is C14H9ClN2OS. The Labute approximate surface area is 119 Å². The highest BCUT2D eigenvalue weighted by Gasteiger charge is 2.09. The molecule has 0 fully saturated rings. The van der Waals surface area contributed by atoms with Crippen molar-refractivity contribution in [1.82, 2.24) is 0 Å². The SMILES string of the molecule is N#C/C(=C/c1ccsc1)C(=O)Nc1ccc(Cl)cc1. The number of thiophene rings is 1. The molecule has 1 amide bonds. The molecule has 0 aliphatic rings. The maximum Gasteiger partial charge on any atom is 0.266 e. The van der Waals surface area contributed by atoms with Crippen LogP contribution in [0.5, 0.6) is 0 Å². The van der Waals surface area contributed by atoms with E-state index in [1.165, 1.54) is 11.3 Å². The smallest absolute Gasteiger partial charge is 0.266 e. The van der Waals surface area contributed by atoms with Crippen molar-refractivity contribution in [2.45, 2.75) is 0 Å². The Bertz CT molecular complexity index is 639. The first-order valence-electron chi connectivity index (χ1n) is 5.40. The van der Waals surface area contributed by atoms with Gasteiger partial charge in [0.1, 0.15) is 11.6 Å². The Balaban J connectivity index is 2.14. The number of nitriles is 1. The number of benzene rings is 1. The molecule has 94 valence electrons. The maximum absolute atomic E-state index is 11.9. The van der Waals surface area contributed by atoms with Crippen molar-refractivity contribution in [3.8, 4) is 6.07 Å². The summed E-state index contributed by atoms with van der Waals surface area (Å²) >= 11 is 7.27. The molecule has 1 aromatic carbocycles. The number of hydrogen-bond acceptors (Lipinski definition) is 3. The lowest BCUT2D eigenvalue weighted by molar-refractivity contribution is -0.112. The Morgan fingerprint density at radius 1 is 1.32 bits per heavy atom. The number of amides is 1. The highest BCUT2D eigenvalue weighted by atomic mass is 35.5. The molecule has 0 saturated carbocycles. The molecule has 1 aromatic heterocycles. The summed E-state index contributed by atoms with van der Waals surface area (Å²) in [6.07, 6.45) is 1.56. The molecule has 2 aromatic rings. The quantitative estimate of drug-likeness (QED) is 0.687. The largest absolute Gasteiger partial charge is 0.321 e. The second kappa shape index (κ2) is 6.19. The average molecular weight is 289 g/mol. The standard InChI is InChI=1S/C14H9ClN2OS/c15-12-1-3-13(4-2-12)17-14(18)11(8-16)7-10-5-6-19-9-10/h1-7,9H,(H,17,18)/b11-7-. The van der Waals surface area contributed by atoms with Gasteiger partial charge in [-0.2, -0.15) is 16.6 Å². The minimum absolute atomic E-state index is 0.0633. The van der Waals surface area contributed by atoms with E-state index in [1.54, 1.807) is 30.3 Å². The molecule has 3 nitrogen and oxygen atoms in total. The van der Waals surface area contributed by atoms with Crippen molar-refractivity contribution >= 4 is 40.6 Å². The summed E-state index contributed by atoms with van der Waals surface area (Å²) in [4.78, 5) is 11.9. The summed E-state index contributed by atoms with van der Waals surface area (Å²) in [5.74, 6) is -0.434. The van der Waals surface area contributed by atoms with Crippen molar-refractivity contribution in [3.63, 3.8) is 0 Å². The number of nitrogens with one attached hydrogen (secondary N) is 1. The van der Waals surface area contributed by atoms with Crippen molar-refractivity contribution in [3.05, 3.63) is 57.3 Å². The van der Waals surface area contributed by atoms with Crippen LogP contribution in [0, 0.1) is 11.3 Å². The molecule has 1 N–H and O–H groups in total. The predicted molar refractivity (Wildman–Crippen MR) is 78.0 cm³/mol. The first-order chi connectivity index (χ1) is 9.19. The van der Waals surface area contributed by atoms with E-state index in [0.717, 1.165) is 5.56 Å². The number of halogens is 1. The van der Waals surface area contributed by atoms with Gasteiger partial charge in [-0.3, -0.25) is 4.79 Å². The zero-order valence-corrected chi connectivity index (χ0v) is 11.3. The summed E-state index contributed by atoms with van der Waals surface area (Å²) in [6.45, 7) is 0. The lowest BCUT2D eigenvalue weighted by Crippen LogP contribution is -2.13. The minimum Gasteiger partial charge on any atom is -0.321 e. The monoisotopic (exact) mass is 288 g/mol. The Morgan fingerprint density at radius 3 is 2.63 bits per heavy atom. The number of carbonyl (C=O) groups excluding carboxylic acids is 1. The van der Waals surface area contributed by atoms with E-state index in [-0.39, 0.29) is 5.57 Å². The molecule has 0 bridgehead atoms. The summed E-state index contributed by atoms with van der Waals surface area (Å²) < 4.78 is 0. The second-order valence-electron chi connectivity index (χ2n) is 3.69. The molecular weight excluding hydrogens is 280 g/mol. The van der Waals surface area contributed by atoms with Crippen LogP contribution < -0.4 is 5.32 Å². The maximum atomic E-state index is 11.9. The minimum atomic E-state index is -0.434. The number of rotatable bonds is 3. The van der Waals surface area contributed by atoms with Crippen LogP contribution in [-0.4, -0.2) is 5.91 Å². The zero-order chi connectivity index (χ0) is 13.7. The first kappa shape index (κ1) is 13.3. The first-order valence-corrected chi connectivity index (χ1v) is 6.72. The van der Waals surface area contributed by atoms with Gasteiger partial charge in [0.15, 0.2) is 0 Å². The van der Waals surface area contributed by atoms with E-state index in [9.17, 15) is 4.79 Å². The summed E-state index contributed by atoms with van der Waals surface area (Å²) in [7, 11) is 0. The van der Waals surface area contributed by atoms with Gasteiger partial charge in [-0.05, 0) is 52.7 Å². The number of anilines is 1. The second-order valence-corrected chi connectivity index (χ2v) is 4.90. The lowest BCUT2D eigenvalue weighted by atomic mass is 10.2. The van der Waals surface area contributed by atoms with Gasteiger partial charge in [0.25, 0.3) is 5.91 Å². The Hall–Kier alpha value is -2.09. The zero-order valence-electron chi connectivity index (χ0n) is 9.76. The van der Waals surface area contributed by atoms with Crippen molar-refractivity contribution in [2.24, 2.45) is 0 Å². The van der Waals surface area contributed by atoms with Crippen molar-refractivity contribution in [1.29, 1.82) is 5.26 Å². The molecule has 1 heterocycles. The number of hydrogen-bond donors (Lipinski definition) is 1. The van der Waals surface area contributed by atoms with Crippen LogP contribution in [0.3, 0.4) is 0 Å². The van der Waals surface area contributed by atoms with Gasteiger partial charge < -0.3 is 5.32 Å². The fourth-order valence-corrected chi connectivity index (χ4v) is 2.15. The van der Waals surface area contributed by atoms with Gasteiger partial charge in [0.05, 0.1) is 0 Å². The van der Waals surface area contributed by atoms with Gasteiger partial charge in [-0.15, -0.1) is 0 Å². The molecule has 5 heteroatoms. The lowest BCUT2D eigenvalue weighted by Gasteiger charge is -2.03. The van der Waals surface area contributed by atoms with Crippen molar-refractivity contribution in [2.75, 3.05) is 5.32 Å². The predicted octanol–water partition coefficient (Wildman–Crippen LogP) is 3.95. The molecule has 0 unspecified atom stereocenters. The van der Waals surface area contributed by atoms with Gasteiger partial charge in [-0.25, -0.2) is 0 Å². The molecule has 0 aliphatic heterocycles. The summed E-state index contributed by atoms with van der Waals surface area (Å²) in [5, 5.41) is 16.0. The van der Waals surface area contributed by atoms with Gasteiger partial charge in [0, 0.05) is 10.7 Å². The third-order valence-corrected chi connectivity index (χ3v) is 3.27. The average Bonchev–Trinajstić information content (AvgIpc) is 2.91. The topological polar surface area (TPSA) is 52.9 Å². The highest BCUT2D eigenvalue weighted by molar-refractivity contribution is 7.08. The van der Waals surface area contributed by atoms with Gasteiger partial charge in [0.2, 0.25) is 0 Å². The normalized spacial score (nSPS) is 10.8. The Kier molecular flexibility index (Phi) is 4.35. The Morgan fingerprint density at radius 2 is 2.05 bits per heavy atom. The molecule has 0 radical (unpaired) electrons. The summed E-state index contributed by atoms with van der Waals surface area (Å²) in [6, 6.07) is 10.4. The van der Waals surface area contributed by atoms with E-state index in [2.05, 4.69) is 5.32 Å². The highest BCUT2D eigenvalue weighted by Crippen LogP contribution is 2.15. The number of nitrogens with zero attached hydrogens (tertiary/aromatic N) is 1. The van der Waals surface area contributed by atoms with Crippen LogP contribution >= 0.6 is 22.9 Å². The van der Waals surface area contributed by atoms with Crippen LogP contribution in [0.4, 0.5) is 5.69 Å². The molecule has 0 spiro atoms. The molecule has 0 atom stereocenters. The van der Waals surface area contributed by atoms with Gasteiger partial charge in [-0.1, -0.05) is 11.6 Å². The van der Waals surface area contributed by atoms with Crippen LogP contribution in [-0.2, 0) is 4.79 Å². The summed E-state index contributed by atoms with van der Waals surface area (Å²) in [5.41, 5.74) is 1.50. The molecule has 0 saturated heterocycles. The molecule has 2 rings (SSSR count). The van der Waals surface area contributed by atoms with E-state index in [0.29, 0.717) is 10.7 Å². The van der Waals surface area contributed by atoms with Crippen LogP contribution in [0.15, 0.2) is 46.7 Å². The van der Waals surface area contributed by atoms with Gasteiger partial charge >= 0.3 is 0 Å².